The smallest absolute Gasteiger partial charge is 0.244 e. The van der Waals surface area contributed by atoms with Gasteiger partial charge in [0, 0.05) is 11.6 Å². The number of aryl methyl sites for hydroxylation is 3. The van der Waals surface area contributed by atoms with Gasteiger partial charge in [-0.2, -0.15) is 0 Å². The van der Waals surface area contributed by atoms with Crippen molar-refractivity contribution in [3.8, 4) is 11.5 Å². The molecule has 0 aliphatic rings. The van der Waals surface area contributed by atoms with Crippen LogP contribution >= 0.6 is 11.6 Å². The number of hydrogen-bond acceptors (Lipinski definition) is 4. The fourth-order valence-electron chi connectivity index (χ4n) is 2.66. The second kappa shape index (κ2) is 8.08. The van der Waals surface area contributed by atoms with Gasteiger partial charge < -0.3 is 9.47 Å². The standard InChI is InChI=1S/C18H22ClNO4S/c1-12-9-13(2)18(14(3)10-12)24-8-7-20-25(21,22)17-11-15(19)5-6-16(17)23-4/h5-6,9-11,20H,7-8H2,1-4H3. The average Bonchev–Trinajstić information content (AvgIpc) is 2.53. The number of halogens is 1. The summed E-state index contributed by atoms with van der Waals surface area (Å²) in [4.78, 5) is 0.00481. The Morgan fingerprint density at radius 3 is 2.32 bits per heavy atom. The van der Waals surface area contributed by atoms with Gasteiger partial charge in [0.15, 0.2) is 0 Å². The van der Waals surface area contributed by atoms with E-state index in [2.05, 4.69) is 4.72 Å². The Bertz CT molecular complexity index is 842. The minimum absolute atomic E-state index is 0.00481. The van der Waals surface area contributed by atoms with E-state index in [9.17, 15) is 8.42 Å². The summed E-state index contributed by atoms with van der Waals surface area (Å²) in [5.41, 5.74) is 3.21. The van der Waals surface area contributed by atoms with Crippen LogP contribution in [0, 0.1) is 20.8 Å². The maximum absolute atomic E-state index is 12.4. The summed E-state index contributed by atoms with van der Waals surface area (Å²) < 4.78 is 38.2. The van der Waals surface area contributed by atoms with Crippen molar-refractivity contribution >= 4 is 21.6 Å². The molecule has 1 N–H and O–H groups in total. The van der Waals surface area contributed by atoms with E-state index in [4.69, 9.17) is 21.1 Å². The van der Waals surface area contributed by atoms with Crippen LogP contribution in [-0.2, 0) is 10.0 Å². The summed E-state index contributed by atoms with van der Waals surface area (Å²) in [7, 11) is -2.34. The van der Waals surface area contributed by atoms with Crippen LogP contribution in [0.5, 0.6) is 11.5 Å². The minimum Gasteiger partial charge on any atom is -0.495 e. The van der Waals surface area contributed by atoms with E-state index in [0.29, 0.717) is 5.02 Å². The zero-order valence-electron chi connectivity index (χ0n) is 14.7. The Kier molecular flexibility index (Phi) is 6.32. The summed E-state index contributed by atoms with van der Waals surface area (Å²) in [6, 6.07) is 8.52. The van der Waals surface area contributed by atoms with E-state index in [0.717, 1.165) is 22.4 Å². The van der Waals surface area contributed by atoms with Gasteiger partial charge in [-0.05, 0) is 50.1 Å². The SMILES string of the molecule is COc1ccc(Cl)cc1S(=O)(=O)NCCOc1c(C)cc(C)cc1C. The molecule has 25 heavy (non-hydrogen) atoms. The lowest BCUT2D eigenvalue weighted by atomic mass is 10.1. The molecule has 0 saturated heterocycles. The maximum Gasteiger partial charge on any atom is 0.244 e. The van der Waals surface area contributed by atoms with Crippen LogP contribution in [-0.4, -0.2) is 28.7 Å². The highest BCUT2D eigenvalue weighted by Gasteiger charge is 2.19. The molecule has 0 bridgehead atoms. The summed E-state index contributed by atoms with van der Waals surface area (Å²) in [6.07, 6.45) is 0. The summed E-state index contributed by atoms with van der Waals surface area (Å²) in [5, 5.41) is 0.323. The topological polar surface area (TPSA) is 64.6 Å². The van der Waals surface area contributed by atoms with Crippen molar-refractivity contribution in [2.45, 2.75) is 25.7 Å². The molecule has 136 valence electrons. The molecule has 0 spiro atoms. The molecule has 0 fully saturated rings. The second-order valence-corrected chi connectivity index (χ2v) is 7.94. The van der Waals surface area contributed by atoms with E-state index < -0.39 is 10.0 Å². The molecule has 0 amide bonds. The van der Waals surface area contributed by atoms with Gasteiger partial charge in [-0.25, -0.2) is 13.1 Å². The van der Waals surface area contributed by atoms with Crippen molar-refractivity contribution in [3.63, 3.8) is 0 Å². The average molecular weight is 384 g/mol. The van der Waals surface area contributed by atoms with Crippen LogP contribution in [0.3, 0.4) is 0 Å². The number of nitrogens with one attached hydrogen (secondary N) is 1. The van der Waals surface area contributed by atoms with Crippen LogP contribution in [0.2, 0.25) is 5.02 Å². The first-order chi connectivity index (χ1) is 11.7. The van der Waals surface area contributed by atoms with Gasteiger partial charge in [0.05, 0.1) is 7.11 Å². The largest absolute Gasteiger partial charge is 0.495 e. The molecule has 2 aromatic rings. The molecular formula is C18H22ClNO4S. The van der Waals surface area contributed by atoms with Crippen molar-refractivity contribution in [1.29, 1.82) is 0 Å². The van der Waals surface area contributed by atoms with Gasteiger partial charge in [0.1, 0.15) is 23.0 Å². The van der Waals surface area contributed by atoms with Crippen molar-refractivity contribution in [1.82, 2.24) is 4.72 Å². The van der Waals surface area contributed by atoms with Crippen LogP contribution in [0.15, 0.2) is 35.2 Å². The first kappa shape index (κ1) is 19.6. The summed E-state index contributed by atoms with van der Waals surface area (Å²) in [5.74, 6) is 1.02. The summed E-state index contributed by atoms with van der Waals surface area (Å²) >= 11 is 5.90. The molecule has 0 atom stereocenters. The third kappa shape index (κ3) is 4.87. The van der Waals surface area contributed by atoms with Crippen molar-refractivity contribution < 1.29 is 17.9 Å². The number of hydrogen-bond donors (Lipinski definition) is 1. The van der Waals surface area contributed by atoms with E-state index in [1.807, 2.05) is 32.9 Å². The predicted molar refractivity (Wildman–Crippen MR) is 99.3 cm³/mol. The first-order valence-electron chi connectivity index (χ1n) is 7.78. The quantitative estimate of drug-likeness (QED) is 0.741. The molecule has 0 aliphatic heterocycles. The number of rotatable bonds is 7. The van der Waals surface area contributed by atoms with Crippen LogP contribution in [0.25, 0.3) is 0 Å². The second-order valence-electron chi connectivity index (χ2n) is 5.77. The minimum atomic E-state index is -3.75. The fourth-order valence-corrected chi connectivity index (χ4v) is 4.10. The van der Waals surface area contributed by atoms with Crippen molar-refractivity contribution in [2.75, 3.05) is 20.3 Å². The maximum atomic E-state index is 12.4. The third-order valence-corrected chi connectivity index (χ3v) is 5.38. The normalized spacial score (nSPS) is 11.4. The van der Waals surface area contributed by atoms with Crippen LogP contribution < -0.4 is 14.2 Å². The van der Waals surface area contributed by atoms with E-state index in [-0.39, 0.29) is 23.8 Å². The lowest BCUT2D eigenvalue weighted by molar-refractivity contribution is 0.318. The Balaban J connectivity index is 2.03. The Hall–Kier alpha value is -1.76. The van der Waals surface area contributed by atoms with Gasteiger partial charge >= 0.3 is 0 Å². The number of methoxy groups -OCH3 is 1. The molecule has 2 aromatic carbocycles. The zero-order valence-corrected chi connectivity index (χ0v) is 16.3. The lowest BCUT2D eigenvalue weighted by Crippen LogP contribution is -2.28. The molecule has 2 rings (SSSR count). The molecule has 0 heterocycles. The van der Waals surface area contributed by atoms with Gasteiger partial charge in [0.25, 0.3) is 0 Å². The van der Waals surface area contributed by atoms with Gasteiger partial charge in [-0.3, -0.25) is 0 Å². The number of benzene rings is 2. The molecule has 0 unspecified atom stereocenters. The Morgan fingerprint density at radius 2 is 1.72 bits per heavy atom. The molecule has 7 heteroatoms. The summed E-state index contributed by atoms with van der Waals surface area (Å²) in [6.45, 7) is 6.31. The number of ether oxygens (including phenoxy) is 2. The highest BCUT2D eigenvalue weighted by atomic mass is 35.5. The molecule has 5 nitrogen and oxygen atoms in total. The van der Waals surface area contributed by atoms with Gasteiger partial charge in [-0.1, -0.05) is 29.3 Å². The van der Waals surface area contributed by atoms with Gasteiger partial charge in [0.2, 0.25) is 10.0 Å². The number of sulfonamides is 1. The fraction of sp³-hybridized carbons (Fsp3) is 0.333. The molecule has 0 aliphatic carbocycles. The molecule has 0 radical (unpaired) electrons. The van der Waals surface area contributed by atoms with Crippen molar-refractivity contribution in [3.05, 3.63) is 52.0 Å². The molecular weight excluding hydrogens is 362 g/mol. The third-order valence-electron chi connectivity index (χ3n) is 3.66. The van der Waals surface area contributed by atoms with E-state index in [1.165, 1.54) is 19.2 Å². The molecule has 0 aromatic heterocycles. The highest BCUT2D eigenvalue weighted by molar-refractivity contribution is 7.89. The zero-order chi connectivity index (χ0) is 18.6. The molecule has 0 saturated carbocycles. The highest BCUT2D eigenvalue weighted by Crippen LogP contribution is 2.27. The Labute approximate surface area is 154 Å². The monoisotopic (exact) mass is 383 g/mol. The van der Waals surface area contributed by atoms with Crippen molar-refractivity contribution in [2.24, 2.45) is 0 Å². The van der Waals surface area contributed by atoms with E-state index in [1.54, 1.807) is 6.07 Å². The van der Waals surface area contributed by atoms with Crippen LogP contribution in [0.4, 0.5) is 0 Å². The Morgan fingerprint density at radius 1 is 1.08 bits per heavy atom. The first-order valence-corrected chi connectivity index (χ1v) is 9.64. The van der Waals surface area contributed by atoms with E-state index >= 15 is 0 Å². The predicted octanol–water partition coefficient (Wildman–Crippen LogP) is 3.63. The van der Waals surface area contributed by atoms with Gasteiger partial charge in [-0.15, -0.1) is 0 Å². The van der Waals surface area contributed by atoms with Crippen LogP contribution in [0.1, 0.15) is 16.7 Å². The lowest BCUT2D eigenvalue weighted by Gasteiger charge is -2.14.